The highest BCUT2D eigenvalue weighted by Gasteiger charge is 2.36. The van der Waals surface area contributed by atoms with E-state index in [0.717, 1.165) is 11.1 Å². The molecule has 0 saturated heterocycles. The van der Waals surface area contributed by atoms with E-state index in [1.165, 1.54) is 0 Å². The van der Waals surface area contributed by atoms with Gasteiger partial charge in [-0.1, -0.05) is 29.8 Å². The van der Waals surface area contributed by atoms with Gasteiger partial charge in [-0.05, 0) is 41.5 Å². The molecule has 1 atom stereocenters. The van der Waals surface area contributed by atoms with E-state index in [1.807, 2.05) is 41.1 Å². The summed E-state index contributed by atoms with van der Waals surface area (Å²) in [6.45, 7) is 1.12. The second-order valence-corrected chi connectivity index (χ2v) is 7.14. The van der Waals surface area contributed by atoms with E-state index in [2.05, 4.69) is 10.3 Å². The minimum atomic E-state index is -0.597. The SMILES string of the molecule is O=C(NCc1ccc(Cl)cc1)C1Cn2cccc2C(=O)N1Cc1cccnc1. The average molecular weight is 395 g/mol. The van der Waals surface area contributed by atoms with Crippen LogP contribution in [0.3, 0.4) is 0 Å². The molecular formula is C21H19ClN4O2. The Morgan fingerprint density at radius 1 is 1.14 bits per heavy atom. The van der Waals surface area contributed by atoms with Crippen molar-refractivity contribution in [2.24, 2.45) is 0 Å². The molecule has 4 rings (SSSR count). The van der Waals surface area contributed by atoms with Crippen molar-refractivity contribution in [2.75, 3.05) is 0 Å². The molecule has 1 N–H and O–H groups in total. The van der Waals surface area contributed by atoms with Crippen molar-refractivity contribution in [1.29, 1.82) is 0 Å². The van der Waals surface area contributed by atoms with Gasteiger partial charge >= 0.3 is 0 Å². The van der Waals surface area contributed by atoms with E-state index < -0.39 is 6.04 Å². The van der Waals surface area contributed by atoms with Crippen molar-refractivity contribution in [3.05, 3.63) is 89.0 Å². The molecule has 3 heterocycles. The largest absolute Gasteiger partial charge is 0.350 e. The number of nitrogens with zero attached hydrogens (tertiary/aromatic N) is 3. The van der Waals surface area contributed by atoms with Crippen LogP contribution in [0.4, 0.5) is 0 Å². The summed E-state index contributed by atoms with van der Waals surface area (Å²) in [6, 6.07) is 14.0. The molecule has 142 valence electrons. The molecule has 0 saturated carbocycles. The lowest BCUT2D eigenvalue weighted by Gasteiger charge is -2.35. The van der Waals surface area contributed by atoms with Crippen LogP contribution in [0.25, 0.3) is 0 Å². The van der Waals surface area contributed by atoms with Gasteiger partial charge in [-0.2, -0.15) is 0 Å². The molecule has 1 aromatic carbocycles. The van der Waals surface area contributed by atoms with E-state index >= 15 is 0 Å². The number of carbonyl (C=O) groups excluding carboxylic acids is 2. The number of rotatable bonds is 5. The first-order valence-corrected chi connectivity index (χ1v) is 9.37. The van der Waals surface area contributed by atoms with Crippen LogP contribution in [0.15, 0.2) is 67.1 Å². The summed E-state index contributed by atoms with van der Waals surface area (Å²) >= 11 is 5.91. The zero-order valence-electron chi connectivity index (χ0n) is 15.1. The Bertz CT molecular complexity index is 985. The van der Waals surface area contributed by atoms with Crippen LogP contribution in [0, 0.1) is 0 Å². The molecule has 1 aliphatic heterocycles. The topological polar surface area (TPSA) is 67.2 Å². The van der Waals surface area contributed by atoms with E-state index in [4.69, 9.17) is 11.6 Å². The zero-order chi connectivity index (χ0) is 19.5. The monoisotopic (exact) mass is 394 g/mol. The minimum absolute atomic E-state index is 0.160. The first-order chi connectivity index (χ1) is 13.6. The number of fused-ring (bicyclic) bond motifs is 1. The molecule has 1 aliphatic rings. The quantitative estimate of drug-likeness (QED) is 0.723. The van der Waals surface area contributed by atoms with Gasteiger partial charge in [0.25, 0.3) is 5.91 Å². The van der Waals surface area contributed by atoms with Gasteiger partial charge in [-0.25, -0.2) is 0 Å². The second kappa shape index (κ2) is 7.86. The first kappa shape index (κ1) is 18.3. The summed E-state index contributed by atoms with van der Waals surface area (Å²) < 4.78 is 1.83. The van der Waals surface area contributed by atoms with Gasteiger partial charge in [-0.3, -0.25) is 14.6 Å². The fraction of sp³-hybridized carbons (Fsp3) is 0.190. The Labute approximate surface area is 167 Å². The number of aromatic nitrogens is 2. The summed E-state index contributed by atoms with van der Waals surface area (Å²) in [7, 11) is 0. The molecule has 2 amide bonds. The highest BCUT2D eigenvalue weighted by molar-refractivity contribution is 6.30. The predicted octanol–water partition coefficient (Wildman–Crippen LogP) is 2.88. The van der Waals surface area contributed by atoms with Gasteiger partial charge in [0, 0.05) is 36.7 Å². The summed E-state index contributed by atoms with van der Waals surface area (Å²) in [5, 5.41) is 3.59. The lowest BCUT2D eigenvalue weighted by Crippen LogP contribution is -2.54. The van der Waals surface area contributed by atoms with Crippen molar-refractivity contribution in [1.82, 2.24) is 19.8 Å². The molecule has 2 aromatic heterocycles. The Morgan fingerprint density at radius 3 is 2.71 bits per heavy atom. The third-order valence-corrected chi connectivity index (χ3v) is 5.07. The van der Waals surface area contributed by atoms with Crippen LogP contribution in [-0.4, -0.2) is 32.3 Å². The Morgan fingerprint density at radius 2 is 1.96 bits per heavy atom. The van der Waals surface area contributed by atoms with E-state index in [9.17, 15) is 9.59 Å². The lowest BCUT2D eigenvalue weighted by atomic mass is 10.1. The van der Waals surface area contributed by atoms with E-state index in [0.29, 0.717) is 30.4 Å². The van der Waals surface area contributed by atoms with Crippen LogP contribution in [0.5, 0.6) is 0 Å². The first-order valence-electron chi connectivity index (χ1n) is 8.99. The fourth-order valence-electron chi connectivity index (χ4n) is 3.35. The summed E-state index contributed by atoms with van der Waals surface area (Å²) in [5.41, 5.74) is 2.41. The zero-order valence-corrected chi connectivity index (χ0v) is 15.8. The van der Waals surface area contributed by atoms with Crippen LogP contribution in [0.2, 0.25) is 5.02 Å². The van der Waals surface area contributed by atoms with Gasteiger partial charge in [0.1, 0.15) is 11.7 Å². The Hall–Kier alpha value is -3.12. The number of nitrogens with one attached hydrogen (secondary N) is 1. The van der Waals surface area contributed by atoms with Gasteiger partial charge in [-0.15, -0.1) is 0 Å². The van der Waals surface area contributed by atoms with Gasteiger partial charge in [0.05, 0.1) is 6.54 Å². The van der Waals surface area contributed by atoms with E-state index in [1.54, 1.807) is 35.5 Å². The van der Waals surface area contributed by atoms with Crippen LogP contribution < -0.4 is 5.32 Å². The number of benzene rings is 1. The Kier molecular flexibility index (Phi) is 5.12. The highest BCUT2D eigenvalue weighted by Crippen LogP contribution is 2.21. The lowest BCUT2D eigenvalue weighted by molar-refractivity contribution is -0.126. The maximum absolute atomic E-state index is 13.0. The van der Waals surface area contributed by atoms with Crippen LogP contribution in [-0.2, 0) is 24.4 Å². The van der Waals surface area contributed by atoms with Crippen molar-refractivity contribution in [2.45, 2.75) is 25.7 Å². The number of pyridine rings is 1. The number of carbonyl (C=O) groups is 2. The molecular weight excluding hydrogens is 376 g/mol. The standard InChI is InChI=1S/C21H19ClN4O2/c22-17-7-5-15(6-8-17)12-24-20(27)19-14-25-10-2-4-18(25)21(28)26(19)13-16-3-1-9-23-11-16/h1-11,19H,12-14H2,(H,24,27). The molecule has 28 heavy (non-hydrogen) atoms. The van der Waals surface area contributed by atoms with Gasteiger partial charge in [0.2, 0.25) is 5.91 Å². The summed E-state index contributed by atoms with van der Waals surface area (Å²) in [6.07, 6.45) is 5.22. The molecule has 0 radical (unpaired) electrons. The molecule has 3 aromatic rings. The Balaban J connectivity index is 1.54. The average Bonchev–Trinajstić information content (AvgIpc) is 3.19. The summed E-state index contributed by atoms with van der Waals surface area (Å²) in [5.74, 6) is -0.349. The minimum Gasteiger partial charge on any atom is -0.350 e. The molecule has 0 spiro atoms. The molecule has 0 bridgehead atoms. The van der Waals surface area contributed by atoms with Gasteiger partial charge < -0.3 is 14.8 Å². The maximum atomic E-state index is 13.0. The second-order valence-electron chi connectivity index (χ2n) is 6.70. The molecule has 6 nitrogen and oxygen atoms in total. The maximum Gasteiger partial charge on any atom is 0.271 e. The molecule has 0 aliphatic carbocycles. The third kappa shape index (κ3) is 3.77. The van der Waals surface area contributed by atoms with Crippen LogP contribution in [0.1, 0.15) is 21.6 Å². The highest BCUT2D eigenvalue weighted by atomic mass is 35.5. The van der Waals surface area contributed by atoms with Crippen molar-refractivity contribution in [3.63, 3.8) is 0 Å². The van der Waals surface area contributed by atoms with Crippen molar-refractivity contribution in [3.8, 4) is 0 Å². The smallest absolute Gasteiger partial charge is 0.271 e. The number of hydrogen-bond donors (Lipinski definition) is 1. The number of halogens is 1. The predicted molar refractivity (Wildman–Crippen MR) is 106 cm³/mol. The summed E-state index contributed by atoms with van der Waals surface area (Å²) in [4.78, 5) is 31.7. The van der Waals surface area contributed by atoms with Gasteiger partial charge in [0.15, 0.2) is 0 Å². The third-order valence-electron chi connectivity index (χ3n) is 4.81. The van der Waals surface area contributed by atoms with Crippen LogP contribution >= 0.6 is 11.6 Å². The van der Waals surface area contributed by atoms with Crippen molar-refractivity contribution < 1.29 is 9.59 Å². The fourth-order valence-corrected chi connectivity index (χ4v) is 3.47. The number of amides is 2. The number of hydrogen-bond acceptors (Lipinski definition) is 3. The van der Waals surface area contributed by atoms with Crippen molar-refractivity contribution >= 4 is 23.4 Å². The normalized spacial score (nSPS) is 16.0. The van der Waals surface area contributed by atoms with E-state index in [-0.39, 0.29) is 11.8 Å². The molecule has 7 heteroatoms. The molecule has 0 fully saturated rings. The molecule has 1 unspecified atom stereocenters.